The largest absolute Gasteiger partial charge is 0.462 e. The molecule has 0 amide bonds. The lowest BCUT2D eigenvalue weighted by Crippen LogP contribution is -2.61. The van der Waals surface area contributed by atoms with Crippen molar-refractivity contribution in [2.24, 2.45) is 0 Å². The number of benzene rings is 2. The zero-order valence-electron chi connectivity index (χ0n) is 21.9. The second-order valence-electron chi connectivity index (χ2n) is 9.71. The fourth-order valence-electron chi connectivity index (χ4n) is 3.78. The van der Waals surface area contributed by atoms with Gasteiger partial charge in [-0.05, 0) is 61.9 Å². The van der Waals surface area contributed by atoms with Crippen molar-refractivity contribution in [3.05, 3.63) is 72.8 Å². The van der Waals surface area contributed by atoms with Crippen molar-refractivity contribution in [3.63, 3.8) is 0 Å². The number of hydrogen-bond acceptors (Lipinski definition) is 5. The van der Waals surface area contributed by atoms with Gasteiger partial charge >= 0.3 is 5.97 Å². The van der Waals surface area contributed by atoms with Gasteiger partial charge in [0.25, 0.3) is 0 Å². The Kier molecular flexibility index (Phi) is 12.9. The molecule has 0 unspecified atom stereocenters. The Bertz CT molecular complexity index is 845. The molecule has 0 bridgehead atoms. The van der Waals surface area contributed by atoms with Crippen molar-refractivity contribution in [2.45, 2.75) is 51.5 Å². The first kappa shape index (κ1) is 29.4. The van der Waals surface area contributed by atoms with Crippen LogP contribution < -0.4 is 10.4 Å². The van der Waals surface area contributed by atoms with E-state index < -0.39 is 26.4 Å². The van der Waals surface area contributed by atoms with Gasteiger partial charge in [-0.15, -0.1) is 0 Å². The van der Waals surface area contributed by atoms with E-state index >= 15 is 0 Å². The summed E-state index contributed by atoms with van der Waals surface area (Å²) >= 11 is 0. The van der Waals surface area contributed by atoms with E-state index in [1.54, 1.807) is 6.92 Å². The minimum Gasteiger partial charge on any atom is -0.462 e. The fraction of sp³-hybridized carbons (Fsp3) is 0.444. The molecule has 2 aromatic rings. The summed E-state index contributed by atoms with van der Waals surface area (Å²) in [6.45, 7) is 14.3. The van der Waals surface area contributed by atoms with Gasteiger partial charge in [0.2, 0.25) is 8.32 Å². The van der Waals surface area contributed by atoms with Crippen molar-refractivity contribution in [1.29, 1.82) is 0 Å². The van der Waals surface area contributed by atoms with E-state index in [1.165, 1.54) is 10.4 Å². The molecule has 0 spiro atoms. The molecule has 0 aliphatic carbocycles. The first-order valence-electron chi connectivity index (χ1n) is 12.5. The Morgan fingerprint density at radius 1 is 0.857 bits per heavy atom. The third kappa shape index (κ3) is 10.8. The standard InChI is InChI=1S/C27H42O5Si3/c1-24(2)27(28)30-19-12-22-33-32-35(25-14-8-6-9-15-25,26-16-10-7-11-17-26)23-13-18-29-20-21-31-34(3,4)5/h6-11,14-17H,1,12-13,18-23,33H2,2-5H3. The van der Waals surface area contributed by atoms with Crippen LogP contribution >= 0.6 is 0 Å². The van der Waals surface area contributed by atoms with Gasteiger partial charge in [-0.3, -0.25) is 0 Å². The van der Waals surface area contributed by atoms with Crippen LogP contribution in [0.1, 0.15) is 19.8 Å². The molecule has 0 aliphatic heterocycles. The number of hydrogen-bond donors (Lipinski definition) is 0. The first-order valence-corrected chi connectivity index (χ1v) is 19.6. The lowest BCUT2D eigenvalue weighted by molar-refractivity contribution is -0.138. The monoisotopic (exact) mass is 530 g/mol. The smallest absolute Gasteiger partial charge is 0.333 e. The van der Waals surface area contributed by atoms with E-state index in [4.69, 9.17) is 18.0 Å². The Morgan fingerprint density at radius 3 is 2.00 bits per heavy atom. The molecular weight excluding hydrogens is 489 g/mol. The van der Waals surface area contributed by atoms with Gasteiger partial charge in [0.15, 0.2) is 8.32 Å². The van der Waals surface area contributed by atoms with Crippen LogP contribution in [0.2, 0.25) is 31.7 Å². The molecule has 2 aromatic carbocycles. The average Bonchev–Trinajstić information content (AvgIpc) is 2.84. The second kappa shape index (κ2) is 15.3. The van der Waals surface area contributed by atoms with Crippen LogP contribution in [-0.2, 0) is 22.8 Å². The van der Waals surface area contributed by atoms with Crippen LogP contribution in [0.5, 0.6) is 0 Å². The summed E-state index contributed by atoms with van der Waals surface area (Å²) in [5, 5.41) is 2.60. The molecule has 2 rings (SSSR count). The minimum absolute atomic E-state index is 0.319. The van der Waals surface area contributed by atoms with Gasteiger partial charge in [0, 0.05) is 12.2 Å². The van der Waals surface area contributed by atoms with Crippen LogP contribution in [0.3, 0.4) is 0 Å². The summed E-state index contributed by atoms with van der Waals surface area (Å²) in [5.41, 5.74) is 0.437. The summed E-state index contributed by atoms with van der Waals surface area (Å²) in [6, 6.07) is 23.3. The summed E-state index contributed by atoms with van der Waals surface area (Å²) in [6.07, 6.45) is 1.76. The predicted molar refractivity (Wildman–Crippen MR) is 152 cm³/mol. The van der Waals surface area contributed by atoms with Gasteiger partial charge in [-0.2, -0.15) is 0 Å². The first-order chi connectivity index (χ1) is 16.7. The van der Waals surface area contributed by atoms with Crippen LogP contribution in [0.25, 0.3) is 0 Å². The molecule has 0 saturated heterocycles. The van der Waals surface area contributed by atoms with Crippen LogP contribution in [0.15, 0.2) is 72.8 Å². The fourth-order valence-corrected chi connectivity index (χ4v) is 11.8. The van der Waals surface area contributed by atoms with E-state index in [2.05, 4.69) is 86.9 Å². The molecule has 5 nitrogen and oxygen atoms in total. The molecule has 192 valence electrons. The molecule has 0 N–H and O–H groups in total. The van der Waals surface area contributed by atoms with E-state index in [-0.39, 0.29) is 5.97 Å². The average molecular weight is 531 g/mol. The molecule has 8 heteroatoms. The maximum Gasteiger partial charge on any atom is 0.333 e. The van der Waals surface area contributed by atoms with Crippen molar-refractivity contribution in [1.82, 2.24) is 0 Å². The third-order valence-corrected chi connectivity index (χ3v) is 13.8. The van der Waals surface area contributed by atoms with Crippen LogP contribution in [0.4, 0.5) is 0 Å². The normalized spacial score (nSPS) is 12.2. The SMILES string of the molecule is C=C(C)C(=O)OCCC[SiH2]O[Si](CCCOCCO[Si](C)(C)C)(c1ccccc1)c1ccccc1. The van der Waals surface area contributed by atoms with E-state index in [0.717, 1.165) is 24.9 Å². The number of esters is 1. The van der Waals surface area contributed by atoms with Crippen molar-refractivity contribution in [2.75, 3.05) is 26.4 Å². The van der Waals surface area contributed by atoms with Gasteiger partial charge in [-0.1, -0.05) is 67.2 Å². The molecule has 0 atom stereocenters. The molecule has 0 heterocycles. The maximum atomic E-state index is 11.6. The van der Waals surface area contributed by atoms with E-state index in [1.807, 2.05) is 0 Å². The summed E-state index contributed by atoms with van der Waals surface area (Å²) in [5.74, 6) is -0.319. The summed E-state index contributed by atoms with van der Waals surface area (Å²) < 4.78 is 24.0. The zero-order valence-corrected chi connectivity index (χ0v) is 25.3. The quantitative estimate of drug-likeness (QED) is 0.134. The molecule has 0 aromatic heterocycles. The highest BCUT2D eigenvalue weighted by molar-refractivity contribution is 6.99. The van der Waals surface area contributed by atoms with Crippen molar-refractivity contribution < 1.29 is 22.8 Å². The number of carbonyl (C=O) groups is 1. The summed E-state index contributed by atoms with van der Waals surface area (Å²) in [4.78, 5) is 11.6. The zero-order chi connectivity index (χ0) is 25.6. The Balaban J connectivity index is 2.03. The topological polar surface area (TPSA) is 54.0 Å². The molecule has 0 saturated carbocycles. The molecule has 0 fully saturated rings. The highest BCUT2D eigenvalue weighted by Crippen LogP contribution is 2.17. The molecule has 35 heavy (non-hydrogen) atoms. The Morgan fingerprint density at radius 2 is 1.46 bits per heavy atom. The third-order valence-electron chi connectivity index (χ3n) is 5.53. The van der Waals surface area contributed by atoms with Gasteiger partial charge in [0.1, 0.15) is 9.76 Å². The van der Waals surface area contributed by atoms with Gasteiger partial charge in [-0.25, -0.2) is 4.79 Å². The van der Waals surface area contributed by atoms with Gasteiger partial charge in [0.05, 0.1) is 19.8 Å². The number of ether oxygens (including phenoxy) is 2. The lowest BCUT2D eigenvalue weighted by Gasteiger charge is -2.33. The predicted octanol–water partition coefficient (Wildman–Crippen LogP) is 4.03. The molecular formula is C27H42O5Si3. The van der Waals surface area contributed by atoms with Gasteiger partial charge < -0.3 is 18.0 Å². The van der Waals surface area contributed by atoms with Crippen LogP contribution in [0, 0.1) is 0 Å². The Labute approximate surface area is 216 Å². The molecule has 0 aliphatic rings. The highest BCUT2D eigenvalue weighted by atomic mass is 28.4. The van der Waals surface area contributed by atoms with E-state index in [9.17, 15) is 4.79 Å². The lowest BCUT2D eigenvalue weighted by atomic mass is 10.4. The maximum absolute atomic E-state index is 11.6. The highest BCUT2D eigenvalue weighted by Gasteiger charge is 2.38. The minimum atomic E-state index is -2.41. The van der Waals surface area contributed by atoms with E-state index in [0.29, 0.717) is 32.0 Å². The Hall–Kier alpha value is -1.82. The number of rotatable bonds is 17. The number of carbonyl (C=O) groups excluding carboxylic acids is 1. The van der Waals surface area contributed by atoms with Crippen molar-refractivity contribution in [3.8, 4) is 0 Å². The summed E-state index contributed by atoms with van der Waals surface area (Å²) in [7, 11) is -4.73. The van der Waals surface area contributed by atoms with Crippen molar-refractivity contribution >= 4 is 42.7 Å². The van der Waals surface area contributed by atoms with Crippen LogP contribution in [-0.4, -0.2) is 58.8 Å². The second-order valence-corrected chi connectivity index (χ2v) is 19.8. The molecule has 0 radical (unpaired) electrons.